The normalized spacial score (nSPS) is 24.4. The molecule has 2 N–H and O–H groups in total. The minimum Gasteiger partial charge on any atom is -0.378 e. The van der Waals surface area contributed by atoms with E-state index < -0.39 is 0 Å². The van der Waals surface area contributed by atoms with Crippen molar-refractivity contribution in [1.29, 1.82) is 0 Å². The van der Waals surface area contributed by atoms with E-state index in [1.807, 2.05) is 11.3 Å². The molecule has 2 aliphatic rings. The van der Waals surface area contributed by atoms with Crippen molar-refractivity contribution in [3.05, 3.63) is 21.4 Å². The number of nitrogens with two attached hydrogens (primary N) is 1. The molecular weight excluding hydrogens is 254 g/mol. The highest BCUT2D eigenvalue weighted by Gasteiger charge is 2.18. The Labute approximate surface area is 120 Å². The van der Waals surface area contributed by atoms with Crippen molar-refractivity contribution in [3.63, 3.8) is 0 Å². The first-order chi connectivity index (χ1) is 9.33. The van der Waals surface area contributed by atoms with Crippen LogP contribution in [0.25, 0.3) is 0 Å². The second-order valence-electron chi connectivity index (χ2n) is 5.98. The van der Waals surface area contributed by atoms with Gasteiger partial charge in [-0.1, -0.05) is 0 Å². The topological polar surface area (TPSA) is 35.2 Å². The van der Waals surface area contributed by atoms with Gasteiger partial charge in [-0.05, 0) is 69.4 Å². The molecule has 2 heterocycles. The second kappa shape index (κ2) is 6.38. The average Bonchev–Trinajstić information content (AvgIpc) is 3.07. The Kier molecular flexibility index (Phi) is 4.57. The molecule has 1 aromatic heterocycles. The Morgan fingerprint density at radius 1 is 1.32 bits per heavy atom. The fraction of sp³-hybridized carbons (Fsp3) is 0.750. The summed E-state index contributed by atoms with van der Waals surface area (Å²) in [6, 6.07) is 2.63. The van der Waals surface area contributed by atoms with E-state index in [0.29, 0.717) is 6.10 Å². The van der Waals surface area contributed by atoms with Crippen LogP contribution in [-0.4, -0.2) is 12.7 Å². The Bertz CT molecular complexity index is 385. The highest BCUT2D eigenvalue weighted by atomic mass is 32.1. The molecule has 0 bridgehead atoms. The lowest BCUT2D eigenvalue weighted by atomic mass is 9.98. The van der Waals surface area contributed by atoms with Crippen LogP contribution in [0.3, 0.4) is 0 Å². The third kappa shape index (κ3) is 3.39. The average molecular weight is 279 g/mol. The summed E-state index contributed by atoms with van der Waals surface area (Å²) in [5, 5.41) is 0. The van der Waals surface area contributed by atoms with Gasteiger partial charge in [-0.15, -0.1) is 11.3 Å². The molecule has 0 aromatic carbocycles. The molecule has 0 amide bonds. The lowest BCUT2D eigenvalue weighted by Crippen LogP contribution is -2.11. The summed E-state index contributed by atoms with van der Waals surface area (Å²) in [5.74, 6) is 0. The van der Waals surface area contributed by atoms with E-state index in [4.69, 9.17) is 10.5 Å². The third-order valence-electron chi connectivity index (χ3n) is 4.45. The maximum Gasteiger partial charge on any atom is 0.0576 e. The van der Waals surface area contributed by atoms with Crippen LogP contribution in [0.15, 0.2) is 6.07 Å². The summed E-state index contributed by atoms with van der Waals surface area (Å²) in [4.78, 5) is 3.02. The molecule has 3 heteroatoms. The summed E-state index contributed by atoms with van der Waals surface area (Å²) in [6.45, 7) is 0.967. The first-order valence-corrected chi connectivity index (χ1v) is 8.63. The Hall–Kier alpha value is -0.380. The van der Waals surface area contributed by atoms with E-state index in [0.717, 1.165) is 13.0 Å². The largest absolute Gasteiger partial charge is 0.378 e. The van der Waals surface area contributed by atoms with Crippen LogP contribution in [0.4, 0.5) is 0 Å². The molecule has 0 spiro atoms. The molecule has 1 aliphatic heterocycles. The fourth-order valence-electron chi connectivity index (χ4n) is 3.28. The van der Waals surface area contributed by atoms with Crippen molar-refractivity contribution < 1.29 is 4.74 Å². The quantitative estimate of drug-likeness (QED) is 0.885. The highest BCUT2D eigenvalue weighted by Crippen LogP contribution is 2.33. The monoisotopic (exact) mass is 279 g/mol. The van der Waals surface area contributed by atoms with E-state index in [9.17, 15) is 0 Å². The maximum absolute atomic E-state index is 6.36. The number of hydrogen-bond acceptors (Lipinski definition) is 3. The summed E-state index contributed by atoms with van der Waals surface area (Å²) in [6.07, 6.45) is 11.8. The van der Waals surface area contributed by atoms with Crippen molar-refractivity contribution in [1.82, 2.24) is 0 Å². The number of aryl methyl sites for hydroxylation is 2. The van der Waals surface area contributed by atoms with Crippen LogP contribution in [-0.2, 0) is 17.6 Å². The van der Waals surface area contributed by atoms with Gasteiger partial charge < -0.3 is 10.5 Å². The second-order valence-corrected chi connectivity index (χ2v) is 7.15. The number of hydrogen-bond donors (Lipinski definition) is 1. The van der Waals surface area contributed by atoms with Gasteiger partial charge in [0.05, 0.1) is 6.10 Å². The maximum atomic E-state index is 6.36. The van der Waals surface area contributed by atoms with E-state index >= 15 is 0 Å². The van der Waals surface area contributed by atoms with E-state index in [2.05, 4.69) is 6.07 Å². The zero-order valence-corrected chi connectivity index (χ0v) is 12.5. The first-order valence-electron chi connectivity index (χ1n) is 7.81. The molecule has 2 nitrogen and oxygen atoms in total. The van der Waals surface area contributed by atoms with Gasteiger partial charge >= 0.3 is 0 Å². The van der Waals surface area contributed by atoms with Crippen LogP contribution < -0.4 is 5.73 Å². The lowest BCUT2D eigenvalue weighted by Gasteiger charge is -2.12. The standard InChI is InChI=1S/C16H25NOS/c17-14(8-3-6-13-7-4-10-18-13)16-11-12-5-1-2-9-15(12)19-16/h11,13-14H,1-10,17H2. The predicted octanol–water partition coefficient (Wildman–Crippen LogP) is 3.98. The third-order valence-corrected chi connectivity index (χ3v) is 5.82. The fourth-order valence-corrected chi connectivity index (χ4v) is 4.57. The van der Waals surface area contributed by atoms with Gasteiger partial charge in [0.15, 0.2) is 0 Å². The molecule has 1 aromatic rings. The SMILES string of the molecule is NC(CCCC1CCCO1)c1cc2c(s1)CCCC2. The Balaban J connectivity index is 1.49. The van der Waals surface area contributed by atoms with Crippen molar-refractivity contribution >= 4 is 11.3 Å². The molecule has 19 heavy (non-hydrogen) atoms. The summed E-state index contributed by atoms with van der Waals surface area (Å²) in [7, 11) is 0. The minimum absolute atomic E-state index is 0.247. The number of thiophene rings is 1. The van der Waals surface area contributed by atoms with Crippen molar-refractivity contribution in [3.8, 4) is 0 Å². The lowest BCUT2D eigenvalue weighted by molar-refractivity contribution is 0.101. The van der Waals surface area contributed by atoms with Gasteiger partial charge in [-0.3, -0.25) is 0 Å². The predicted molar refractivity (Wildman–Crippen MR) is 80.7 cm³/mol. The molecular formula is C16H25NOS. The molecule has 0 saturated carbocycles. The first kappa shape index (κ1) is 13.6. The number of ether oxygens (including phenoxy) is 1. The number of rotatable bonds is 5. The minimum atomic E-state index is 0.247. The van der Waals surface area contributed by atoms with Gasteiger partial charge in [0.1, 0.15) is 0 Å². The Morgan fingerprint density at radius 2 is 2.21 bits per heavy atom. The van der Waals surface area contributed by atoms with E-state index in [-0.39, 0.29) is 6.04 Å². The number of fused-ring (bicyclic) bond motifs is 1. The van der Waals surface area contributed by atoms with Crippen LogP contribution in [0, 0.1) is 0 Å². The van der Waals surface area contributed by atoms with E-state index in [1.165, 1.54) is 56.2 Å². The van der Waals surface area contributed by atoms with Crippen molar-refractivity contribution in [2.45, 2.75) is 69.9 Å². The van der Waals surface area contributed by atoms with E-state index in [1.54, 1.807) is 10.4 Å². The molecule has 106 valence electrons. The van der Waals surface area contributed by atoms with Crippen molar-refractivity contribution in [2.75, 3.05) is 6.61 Å². The molecule has 0 radical (unpaired) electrons. The van der Waals surface area contributed by atoms with Gasteiger partial charge in [-0.25, -0.2) is 0 Å². The zero-order valence-electron chi connectivity index (χ0n) is 11.7. The van der Waals surface area contributed by atoms with Crippen LogP contribution in [0.1, 0.15) is 66.3 Å². The van der Waals surface area contributed by atoms with Crippen LogP contribution >= 0.6 is 11.3 Å². The van der Waals surface area contributed by atoms with Gasteiger partial charge in [-0.2, -0.15) is 0 Å². The van der Waals surface area contributed by atoms with Crippen molar-refractivity contribution in [2.24, 2.45) is 5.73 Å². The van der Waals surface area contributed by atoms with Gasteiger partial charge in [0, 0.05) is 22.4 Å². The summed E-state index contributed by atoms with van der Waals surface area (Å²) >= 11 is 1.97. The van der Waals surface area contributed by atoms with Gasteiger partial charge in [0.2, 0.25) is 0 Å². The van der Waals surface area contributed by atoms with Crippen LogP contribution in [0.5, 0.6) is 0 Å². The Morgan fingerprint density at radius 3 is 3.00 bits per heavy atom. The smallest absolute Gasteiger partial charge is 0.0576 e. The molecule has 1 aliphatic carbocycles. The summed E-state index contributed by atoms with van der Waals surface area (Å²) in [5.41, 5.74) is 7.95. The van der Waals surface area contributed by atoms with Gasteiger partial charge in [0.25, 0.3) is 0 Å². The molecule has 3 rings (SSSR count). The zero-order chi connectivity index (χ0) is 13.1. The highest BCUT2D eigenvalue weighted by molar-refractivity contribution is 7.12. The molecule has 2 atom stereocenters. The summed E-state index contributed by atoms with van der Waals surface area (Å²) < 4.78 is 5.67. The molecule has 2 unspecified atom stereocenters. The molecule has 1 saturated heterocycles. The molecule has 1 fully saturated rings. The van der Waals surface area contributed by atoms with Crippen LogP contribution in [0.2, 0.25) is 0 Å².